The van der Waals surface area contributed by atoms with Crippen molar-refractivity contribution in [3.63, 3.8) is 0 Å². The molecule has 0 atom stereocenters. The number of hydrogen-bond acceptors (Lipinski definition) is 1. The van der Waals surface area contributed by atoms with Crippen molar-refractivity contribution >= 4 is 6.29 Å². The van der Waals surface area contributed by atoms with Gasteiger partial charge in [-0.2, -0.15) is 0 Å². The minimum atomic E-state index is -0.423. The molecule has 0 fully saturated rings. The summed E-state index contributed by atoms with van der Waals surface area (Å²) in [5, 5.41) is 0. The molecule has 0 N–H and O–H groups in total. The number of aryl methyl sites for hydroxylation is 1. The Morgan fingerprint density at radius 3 is 2.25 bits per heavy atom. The molecule has 0 aliphatic rings. The first-order chi connectivity index (χ1) is 5.86. The van der Waals surface area contributed by atoms with Gasteiger partial charge in [-0.05, 0) is 17.5 Å². The molecule has 12 heavy (non-hydrogen) atoms. The molecule has 0 heterocycles. The summed E-state index contributed by atoms with van der Waals surface area (Å²) in [4.78, 5) is 10.0. The van der Waals surface area contributed by atoms with Gasteiger partial charge in [0.15, 0.2) is 0 Å². The number of carbonyl (C=O) groups is 1. The molecule has 0 aliphatic heterocycles. The van der Waals surface area contributed by atoms with Crippen molar-refractivity contribution in [2.24, 2.45) is 0 Å². The number of rotatable bonds is 4. The van der Waals surface area contributed by atoms with Gasteiger partial charge in [0.1, 0.15) is 13.0 Å². The molecule has 0 spiro atoms. The van der Waals surface area contributed by atoms with E-state index in [4.69, 9.17) is 0 Å². The van der Waals surface area contributed by atoms with Crippen LogP contribution >= 0.6 is 0 Å². The van der Waals surface area contributed by atoms with Gasteiger partial charge < -0.3 is 4.79 Å². The fourth-order valence-electron chi connectivity index (χ4n) is 1.02. The molecule has 0 aromatic heterocycles. The Balaban J connectivity index is 2.58. The van der Waals surface area contributed by atoms with Gasteiger partial charge >= 0.3 is 0 Å². The fourth-order valence-corrected chi connectivity index (χ4v) is 1.02. The SMILES string of the molecule is O=CCCc1ccc(CF)cc1. The summed E-state index contributed by atoms with van der Waals surface area (Å²) in [5.74, 6) is 0. The van der Waals surface area contributed by atoms with Crippen LogP contribution in [0.15, 0.2) is 24.3 Å². The average Bonchev–Trinajstić information content (AvgIpc) is 2.15. The zero-order valence-electron chi connectivity index (χ0n) is 6.79. The lowest BCUT2D eigenvalue weighted by Gasteiger charge is -1.98. The maximum Gasteiger partial charge on any atom is 0.120 e. The molecule has 1 rings (SSSR count). The Kier molecular flexibility index (Phi) is 3.45. The van der Waals surface area contributed by atoms with Crippen LogP contribution in [0, 0.1) is 0 Å². The minimum Gasteiger partial charge on any atom is -0.303 e. The second kappa shape index (κ2) is 4.65. The lowest BCUT2D eigenvalue weighted by atomic mass is 10.1. The van der Waals surface area contributed by atoms with Crippen LogP contribution in [0.5, 0.6) is 0 Å². The normalized spacial score (nSPS) is 9.75. The molecule has 2 heteroatoms. The molecule has 1 aromatic rings. The van der Waals surface area contributed by atoms with Crippen molar-refractivity contribution < 1.29 is 9.18 Å². The van der Waals surface area contributed by atoms with E-state index in [9.17, 15) is 9.18 Å². The third-order valence-electron chi connectivity index (χ3n) is 1.73. The van der Waals surface area contributed by atoms with Crippen LogP contribution in [0.1, 0.15) is 17.5 Å². The smallest absolute Gasteiger partial charge is 0.120 e. The van der Waals surface area contributed by atoms with Crippen LogP contribution in [-0.2, 0) is 17.9 Å². The second-order valence-corrected chi connectivity index (χ2v) is 2.66. The summed E-state index contributed by atoms with van der Waals surface area (Å²) in [5.41, 5.74) is 1.77. The Hall–Kier alpha value is -1.18. The number of carbonyl (C=O) groups excluding carboxylic acids is 1. The highest BCUT2D eigenvalue weighted by molar-refractivity contribution is 5.50. The fraction of sp³-hybridized carbons (Fsp3) is 0.300. The van der Waals surface area contributed by atoms with E-state index in [0.29, 0.717) is 12.0 Å². The molecule has 0 bridgehead atoms. The number of halogens is 1. The van der Waals surface area contributed by atoms with E-state index in [1.807, 2.05) is 12.1 Å². The lowest BCUT2D eigenvalue weighted by molar-refractivity contribution is -0.107. The molecular formula is C10H11FO. The Morgan fingerprint density at radius 1 is 1.17 bits per heavy atom. The van der Waals surface area contributed by atoms with Crippen LogP contribution < -0.4 is 0 Å². The molecule has 1 nitrogen and oxygen atoms in total. The van der Waals surface area contributed by atoms with Crippen LogP contribution in [0.2, 0.25) is 0 Å². The molecule has 64 valence electrons. The quantitative estimate of drug-likeness (QED) is 0.627. The minimum absolute atomic E-state index is 0.423. The van der Waals surface area contributed by atoms with E-state index < -0.39 is 6.67 Å². The summed E-state index contributed by atoms with van der Waals surface area (Å²) in [7, 11) is 0. The van der Waals surface area contributed by atoms with Gasteiger partial charge in [-0.25, -0.2) is 4.39 Å². The number of hydrogen-bond donors (Lipinski definition) is 0. The maximum atomic E-state index is 12.1. The summed E-state index contributed by atoms with van der Waals surface area (Å²) < 4.78 is 12.1. The molecule has 1 aromatic carbocycles. The Labute approximate surface area is 71.2 Å². The van der Waals surface area contributed by atoms with E-state index in [1.54, 1.807) is 12.1 Å². The molecule has 0 amide bonds. The molecule has 0 saturated carbocycles. The van der Waals surface area contributed by atoms with E-state index in [-0.39, 0.29) is 0 Å². The van der Waals surface area contributed by atoms with E-state index in [1.165, 1.54) is 0 Å². The monoisotopic (exact) mass is 166 g/mol. The Bertz CT molecular complexity index is 241. The molecule has 0 saturated heterocycles. The van der Waals surface area contributed by atoms with Crippen molar-refractivity contribution in [2.75, 3.05) is 0 Å². The highest BCUT2D eigenvalue weighted by Gasteiger charge is 1.93. The maximum absolute atomic E-state index is 12.1. The average molecular weight is 166 g/mol. The van der Waals surface area contributed by atoms with Crippen molar-refractivity contribution in [3.8, 4) is 0 Å². The zero-order chi connectivity index (χ0) is 8.81. The first-order valence-corrected chi connectivity index (χ1v) is 3.94. The first-order valence-electron chi connectivity index (χ1n) is 3.94. The number of aldehydes is 1. The van der Waals surface area contributed by atoms with Gasteiger partial charge in [-0.1, -0.05) is 24.3 Å². The molecule has 0 radical (unpaired) electrons. The van der Waals surface area contributed by atoms with Crippen molar-refractivity contribution in [2.45, 2.75) is 19.5 Å². The van der Waals surface area contributed by atoms with Crippen LogP contribution in [0.4, 0.5) is 4.39 Å². The van der Waals surface area contributed by atoms with E-state index in [0.717, 1.165) is 18.3 Å². The van der Waals surface area contributed by atoms with E-state index >= 15 is 0 Å². The summed E-state index contributed by atoms with van der Waals surface area (Å²) >= 11 is 0. The van der Waals surface area contributed by atoms with E-state index in [2.05, 4.69) is 0 Å². The van der Waals surface area contributed by atoms with Gasteiger partial charge in [-0.3, -0.25) is 0 Å². The standard InChI is InChI=1S/C10H11FO/c11-8-10-5-3-9(4-6-10)2-1-7-12/h3-7H,1-2,8H2. The first kappa shape index (κ1) is 8.91. The summed E-state index contributed by atoms with van der Waals surface area (Å²) in [6.45, 7) is -0.423. The highest BCUT2D eigenvalue weighted by Crippen LogP contribution is 2.06. The van der Waals surface area contributed by atoms with Gasteiger partial charge in [0.2, 0.25) is 0 Å². The van der Waals surface area contributed by atoms with Crippen molar-refractivity contribution in [3.05, 3.63) is 35.4 Å². The van der Waals surface area contributed by atoms with Gasteiger partial charge in [0.05, 0.1) is 0 Å². The zero-order valence-corrected chi connectivity index (χ0v) is 6.79. The van der Waals surface area contributed by atoms with Crippen LogP contribution in [0.3, 0.4) is 0 Å². The predicted octanol–water partition coefficient (Wildman–Crippen LogP) is 2.29. The predicted molar refractivity (Wildman–Crippen MR) is 45.6 cm³/mol. The number of benzene rings is 1. The topological polar surface area (TPSA) is 17.1 Å². The number of alkyl halides is 1. The van der Waals surface area contributed by atoms with Gasteiger partial charge in [-0.15, -0.1) is 0 Å². The van der Waals surface area contributed by atoms with Gasteiger partial charge in [0.25, 0.3) is 0 Å². The molecule has 0 aliphatic carbocycles. The Morgan fingerprint density at radius 2 is 1.75 bits per heavy atom. The molecule has 0 unspecified atom stereocenters. The van der Waals surface area contributed by atoms with Crippen molar-refractivity contribution in [1.82, 2.24) is 0 Å². The summed E-state index contributed by atoms with van der Waals surface area (Å²) in [6, 6.07) is 7.22. The third kappa shape index (κ3) is 2.46. The van der Waals surface area contributed by atoms with Crippen LogP contribution in [0.25, 0.3) is 0 Å². The lowest BCUT2D eigenvalue weighted by Crippen LogP contribution is -1.86. The summed E-state index contributed by atoms with van der Waals surface area (Å²) in [6.07, 6.45) is 2.17. The second-order valence-electron chi connectivity index (χ2n) is 2.66. The van der Waals surface area contributed by atoms with Gasteiger partial charge in [0, 0.05) is 6.42 Å². The third-order valence-corrected chi connectivity index (χ3v) is 1.73. The molecular weight excluding hydrogens is 155 g/mol. The largest absolute Gasteiger partial charge is 0.303 e. The van der Waals surface area contributed by atoms with Crippen LogP contribution in [-0.4, -0.2) is 6.29 Å². The highest BCUT2D eigenvalue weighted by atomic mass is 19.1. The van der Waals surface area contributed by atoms with Crippen molar-refractivity contribution in [1.29, 1.82) is 0 Å².